The number of fused-ring (bicyclic) bond motifs is 1. The minimum atomic E-state index is -0.185. The fraction of sp³-hybridized carbons (Fsp3) is 0.150. The minimum absolute atomic E-state index is 0.185. The van der Waals surface area contributed by atoms with Crippen molar-refractivity contribution in [3.05, 3.63) is 84.1 Å². The van der Waals surface area contributed by atoms with Crippen molar-refractivity contribution in [1.29, 1.82) is 0 Å². The van der Waals surface area contributed by atoms with Gasteiger partial charge in [-0.15, -0.1) is 0 Å². The van der Waals surface area contributed by atoms with Gasteiger partial charge in [-0.3, -0.25) is 9.48 Å². The van der Waals surface area contributed by atoms with Gasteiger partial charge in [-0.2, -0.15) is 5.10 Å². The Hall–Kier alpha value is -3.45. The second-order valence-corrected chi connectivity index (χ2v) is 6.17. The Morgan fingerprint density at radius 3 is 2.85 bits per heavy atom. The zero-order valence-corrected chi connectivity index (χ0v) is 14.9. The van der Waals surface area contributed by atoms with Gasteiger partial charge in [-0.05, 0) is 23.8 Å². The number of benzene rings is 1. The van der Waals surface area contributed by atoms with E-state index >= 15 is 0 Å². The van der Waals surface area contributed by atoms with Crippen LogP contribution in [0.3, 0.4) is 0 Å². The number of imidazole rings is 1. The molecule has 0 atom stereocenters. The maximum absolute atomic E-state index is 12.6. The Morgan fingerprint density at radius 1 is 1.15 bits per heavy atom. The maximum atomic E-state index is 12.6. The van der Waals surface area contributed by atoms with Gasteiger partial charge in [0.05, 0.1) is 30.7 Å². The lowest BCUT2D eigenvalue weighted by molar-refractivity contribution is 0.102. The van der Waals surface area contributed by atoms with Crippen LogP contribution >= 0.6 is 0 Å². The van der Waals surface area contributed by atoms with Gasteiger partial charge in [0, 0.05) is 31.3 Å². The Labute approximate surface area is 156 Å². The van der Waals surface area contributed by atoms with Gasteiger partial charge in [0.25, 0.3) is 5.91 Å². The highest BCUT2D eigenvalue weighted by Crippen LogP contribution is 2.14. The maximum Gasteiger partial charge on any atom is 0.256 e. The lowest BCUT2D eigenvalue weighted by Crippen LogP contribution is -2.14. The van der Waals surface area contributed by atoms with Crippen molar-refractivity contribution in [3.8, 4) is 0 Å². The molecule has 4 rings (SSSR count). The number of hydrogen-bond donors (Lipinski definition) is 1. The topological polar surface area (TPSA) is 73.5 Å². The first kappa shape index (κ1) is 17.0. The summed E-state index contributed by atoms with van der Waals surface area (Å²) < 4.78 is 8.87. The van der Waals surface area contributed by atoms with E-state index in [9.17, 15) is 4.79 Å². The molecule has 3 heterocycles. The van der Waals surface area contributed by atoms with Crippen LogP contribution in [0.1, 0.15) is 21.6 Å². The van der Waals surface area contributed by atoms with Gasteiger partial charge in [0.1, 0.15) is 5.65 Å². The van der Waals surface area contributed by atoms with Gasteiger partial charge in [0.2, 0.25) is 0 Å². The number of ether oxygens (including phenoxy) is 1. The molecule has 0 fully saturated rings. The minimum Gasteiger partial charge on any atom is -0.380 e. The van der Waals surface area contributed by atoms with Crippen molar-refractivity contribution >= 4 is 17.2 Å². The summed E-state index contributed by atoms with van der Waals surface area (Å²) in [5.41, 5.74) is 3.86. The van der Waals surface area contributed by atoms with Crippen LogP contribution in [-0.4, -0.2) is 32.2 Å². The number of nitrogens with zero attached hydrogens (tertiary/aromatic N) is 4. The Bertz CT molecular complexity index is 1050. The molecule has 136 valence electrons. The van der Waals surface area contributed by atoms with Crippen molar-refractivity contribution < 1.29 is 9.53 Å². The number of methoxy groups -OCH3 is 1. The molecule has 7 nitrogen and oxygen atoms in total. The Balaban J connectivity index is 1.47. The van der Waals surface area contributed by atoms with Gasteiger partial charge in [-0.1, -0.05) is 24.3 Å². The quantitative estimate of drug-likeness (QED) is 0.573. The van der Waals surface area contributed by atoms with Crippen molar-refractivity contribution in [1.82, 2.24) is 19.2 Å². The van der Waals surface area contributed by atoms with E-state index in [2.05, 4.69) is 15.4 Å². The molecule has 0 spiro atoms. The van der Waals surface area contributed by atoms with Crippen LogP contribution in [-0.2, 0) is 17.9 Å². The molecule has 3 aromatic heterocycles. The largest absolute Gasteiger partial charge is 0.380 e. The van der Waals surface area contributed by atoms with E-state index in [0.717, 1.165) is 16.9 Å². The predicted octanol–water partition coefficient (Wildman–Crippen LogP) is 2.98. The van der Waals surface area contributed by atoms with Crippen LogP contribution in [0.5, 0.6) is 0 Å². The lowest BCUT2D eigenvalue weighted by atomic mass is 10.1. The molecule has 4 aromatic rings. The molecule has 0 saturated carbocycles. The van der Waals surface area contributed by atoms with E-state index in [1.54, 1.807) is 30.3 Å². The summed E-state index contributed by atoms with van der Waals surface area (Å²) in [5.74, 6) is -0.185. The normalized spacial score (nSPS) is 11.0. The molecule has 0 aliphatic heterocycles. The Morgan fingerprint density at radius 2 is 2.00 bits per heavy atom. The average molecular weight is 361 g/mol. The number of nitrogens with one attached hydrogen (secondary N) is 1. The van der Waals surface area contributed by atoms with Crippen LogP contribution < -0.4 is 5.32 Å². The smallest absolute Gasteiger partial charge is 0.256 e. The third kappa shape index (κ3) is 3.73. The summed E-state index contributed by atoms with van der Waals surface area (Å²) in [6, 6.07) is 13.3. The van der Waals surface area contributed by atoms with Gasteiger partial charge < -0.3 is 14.5 Å². The predicted molar refractivity (Wildman–Crippen MR) is 102 cm³/mol. The van der Waals surface area contributed by atoms with E-state index in [0.29, 0.717) is 24.4 Å². The number of rotatable bonds is 6. The van der Waals surface area contributed by atoms with E-state index in [4.69, 9.17) is 4.74 Å². The van der Waals surface area contributed by atoms with Crippen molar-refractivity contribution in [2.45, 2.75) is 13.2 Å². The molecular formula is C20H19N5O2. The SMILES string of the molecule is COCc1ccccc1C(=O)Nc1cnn(Cc2cn3ccccc3n2)c1. The van der Waals surface area contributed by atoms with E-state index in [1.165, 1.54) is 0 Å². The Kier molecular flexibility index (Phi) is 4.67. The summed E-state index contributed by atoms with van der Waals surface area (Å²) in [6.07, 6.45) is 7.35. The standard InChI is InChI=1S/C20H19N5O2/c1-27-14-15-6-2-3-7-18(15)20(26)23-16-10-21-25(12-16)13-17-11-24-9-5-4-8-19(24)22-17/h2-12H,13-14H2,1H3,(H,23,26). The fourth-order valence-electron chi connectivity index (χ4n) is 2.97. The molecule has 1 amide bonds. The zero-order valence-electron chi connectivity index (χ0n) is 14.9. The molecule has 27 heavy (non-hydrogen) atoms. The number of anilines is 1. The van der Waals surface area contributed by atoms with Gasteiger partial charge >= 0.3 is 0 Å². The van der Waals surface area contributed by atoms with Crippen molar-refractivity contribution in [3.63, 3.8) is 0 Å². The van der Waals surface area contributed by atoms with Crippen molar-refractivity contribution in [2.24, 2.45) is 0 Å². The summed E-state index contributed by atoms with van der Waals surface area (Å²) in [7, 11) is 1.61. The monoisotopic (exact) mass is 361 g/mol. The summed E-state index contributed by atoms with van der Waals surface area (Å²) >= 11 is 0. The number of hydrogen-bond acceptors (Lipinski definition) is 4. The third-order valence-electron chi connectivity index (χ3n) is 4.19. The molecule has 0 bridgehead atoms. The number of carbonyl (C=O) groups is 1. The molecule has 1 N–H and O–H groups in total. The summed E-state index contributed by atoms with van der Waals surface area (Å²) in [5, 5.41) is 7.20. The van der Waals surface area contributed by atoms with E-state index < -0.39 is 0 Å². The molecule has 0 aliphatic rings. The number of pyridine rings is 1. The summed E-state index contributed by atoms with van der Waals surface area (Å²) in [4.78, 5) is 17.1. The number of carbonyl (C=O) groups excluding carboxylic acids is 1. The number of amides is 1. The van der Waals surface area contributed by atoms with E-state index in [1.807, 2.05) is 53.2 Å². The van der Waals surface area contributed by atoms with Crippen LogP contribution in [0, 0.1) is 0 Å². The van der Waals surface area contributed by atoms with Gasteiger partial charge in [-0.25, -0.2) is 4.98 Å². The van der Waals surface area contributed by atoms with E-state index in [-0.39, 0.29) is 5.91 Å². The highest BCUT2D eigenvalue weighted by molar-refractivity contribution is 6.05. The lowest BCUT2D eigenvalue weighted by Gasteiger charge is -2.08. The first-order valence-electron chi connectivity index (χ1n) is 8.56. The first-order valence-corrected chi connectivity index (χ1v) is 8.56. The fourth-order valence-corrected chi connectivity index (χ4v) is 2.97. The second-order valence-electron chi connectivity index (χ2n) is 6.17. The molecule has 0 radical (unpaired) electrons. The number of aromatic nitrogens is 4. The molecule has 7 heteroatoms. The molecular weight excluding hydrogens is 342 g/mol. The second kappa shape index (κ2) is 7.43. The molecule has 0 aliphatic carbocycles. The van der Waals surface area contributed by atoms with Gasteiger partial charge in [0.15, 0.2) is 0 Å². The molecule has 0 unspecified atom stereocenters. The highest BCUT2D eigenvalue weighted by atomic mass is 16.5. The third-order valence-corrected chi connectivity index (χ3v) is 4.19. The van der Waals surface area contributed by atoms with Crippen LogP contribution in [0.4, 0.5) is 5.69 Å². The first-order chi connectivity index (χ1) is 13.2. The van der Waals surface area contributed by atoms with Crippen molar-refractivity contribution in [2.75, 3.05) is 12.4 Å². The summed E-state index contributed by atoms with van der Waals surface area (Å²) in [6.45, 7) is 0.911. The zero-order chi connectivity index (χ0) is 18.6. The highest BCUT2D eigenvalue weighted by Gasteiger charge is 2.12. The van der Waals surface area contributed by atoms with Crippen LogP contribution in [0.2, 0.25) is 0 Å². The average Bonchev–Trinajstić information content (AvgIpc) is 3.28. The van der Waals surface area contributed by atoms with Crippen LogP contribution in [0.15, 0.2) is 67.3 Å². The molecule has 0 saturated heterocycles. The van der Waals surface area contributed by atoms with Crippen LogP contribution in [0.25, 0.3) is 5.65 Å². The molecule has 1 aromatic carbocycles.